The fourth-order valence-electron chi connectivity index (χ4n) is 2.70. The second kappa shape index (κ2) is 13.2. The molecule has 0 saturated carbocycles. The highest BCUT2D eigenvalue weighted by atomic mass is 127. The number of aliphatic imine (C=N–C) groups is 1. The van der Waals surface area contributed by atoms with Gasteiger partial charge in [0.1, 0.15) is 11.9 Å². The molecule has 1 atom stereocenters. The molecule has 1 heterocycles. The second-order valence-corrected chi connectivity index (χ2v) is 6.84. The minimum Gasteiger partial charge on any atom is -0.488 e. The summed E-state index contributed by atoms with van der Waals surface area (Å²) in [5.41, 5.74) is 2.31. The Morgan fingerprint density at radius 3 is 2.81 bits per heavy atom. The fourth-order valence-corrected chi connectivity index (χ4v) is 2.70. The van der Waals surface area contributed by atoms with Crippen molar-refractivity contribution < 1.29 is 14.2 Å². The summed E-state index contributed by atoms with van der Waals surface area (Å²) >= 11 is 0. The lowest BCUT2D eigenvalue weighted by Gasteiger charge is -2.18. The fraction of sp³-hybridized carbons (Fsp3) is 0.650. The van der Waals surface area contributed by atoms with Crippen LogP contribution in [0.1, 0.15) is 37.8 Å². The van der Waals surface area contributed by atoms with Crippen molar-refractivity contribution in [2.24, 2.45) is 4.99 Å². The largest absolute Gasteiger partial charge is 0.488 e. The van der Waals surface area contributed by atoms with Crippen LogP contribution in [0.15, 0.2) is 23.2 Å². The zero-order valence-electron chi connectivity index (χ0n) is 16.9. The molecular weight excluding hydrogens is 457 g/mol. The summed E-state index contributed by atoms with van der Waals surface area (Å²) in [5, 5.41) is 6.67. The number of nitrogens with zero attached hydrogens (tertiary/aromatic N) is 1. The summed E-state index contributed by atoms with van der Waals surface area (Å²) in [7, 11) is 1.78. The summed E-state index contributed by atoms with van der Waals surface area (Å²) in [6.07, 6.45) is 2.31. The van der Waals surface area contributed by atoms with Crippen LogP contribution in [0.3, 0.4) is 0 Å². The van der Waals surface area contributed by atoms with E-state index in [1.165, 1.54) is 5.56 Å². The van der Waals surface area contributed by atoms with Crippen molar-refractivity contribution in [3.8, 4) is 5.75 Å². The number of halogens is 1. The summed E-state index contributed by atoms with van der Waals surface area (Å²) < 4.78 is 17.1. The normalized spacial score (nSPS) is 16.9. The molecule has 0 aliphatic carbocycles. The van der Waals surface area contributed by atoms with Crippen LogP contribution in [0.2, 0.25) is 0 Å². The van der Waals surface area contributed by atoms with Gasteiger partial charge in [0.2, 0.25) is 0 Å². The predicted molar refractivity (Wildman–Crippen MR) is 120 cm³/mol. The molecule has 1 saturated heterocycles. The summed E-state index contributed by atoms with van der Waals surface area (Å²) in [5.74, 6) is 1.71. The van der Waals surface area contributed by atoms with Gasteiger partial charge < -0.3 is 24.8 Å². The Morgan fingerprint density at radius 1 is 1.33 bits per heavy atom. The van der Waals surface area contributed by atoms with Crippen molar-refractivity contribution in [2.75, 3.05) is 33.4 Å². The minimum absolute atomic E-state index is 0. The van der Waals surface area contributed by atoms with E-state index >= 15 is 0 Å². The molecule has 0 bridgehead atoms. The summed E-state index contributed by atoms with van der Waals surface area (Å²) in [6, 6.07) is 6.31. The van der Waals surface area contributed by atoms with E-state index in [0.717, 1.165) is 49.9 Å². The maximum absolute atomic E-state index is 6.15. The second-order valence-electron chi connectivity index (χ2n) is 6.84. The Hall–Kier alpha value is -1.06. The Bertz CT molecular complexity index is 576. The van der Waals surface area contributed by atoms with E-state index < -0.39 is 0 Å². The minimum atomic E-state index is 0. The van der Waals surface area contributed by atoms with E-state index in [2.05, 4.69) is 40.7 Å². The van der Waals surface area contributed by atoms with Gasteiger partial charge in [-0.1, -0.05) is 12.1 Å². The van der Waals surface area contributed by atoms with Crippen LogP contribution in [-0.2, 0) is 16.0 Å². The number of ether oxygens (including phenoxy) is 3. The summed E-state index contributed by atoms with van der Waals surface area (Å²) in [4.78, 5) is 4.28. The number of rotatable bonds is 9. The molecule has 0 spiro atoms. The highest BCUT2D eigenvalue weighted by Gasteiger charge is 2.18. The van der Waals surface area contributed by atoms with Gasteiger partial charge in [-0.2, -0.15) is 0 Å². The standard InChI is InChI=1S/C20H33N3O3.HI/c1-15(2)25-10-5-9-22-20(21-4)23-13-17-7-6-16(3)12-19(17)26-18-8-11-24-14-18;/h6-7,12,15,18H,5,8-11,13-14H2,1-4H3,(H2,21,22,23);1H. The number of guanidine groups is 1. The van der Waals surface area contributed by atoms with Crippen LogP contribution in [-0.4, -0.2) is 51.6 Å². The molecule has 0 aromatic heterocycles. The van der Waals surface area contributed by atoms with E-state index in [1.54, 1.807) is 7.05 Å². The molecule has 27 heavy (non-hydrogen) atoms. The molecule has 2 N–H and O–H groups in total. The quantitative estimate of drug-likeness (QED) is 0.240. The average Bonchev–Trinajstić information content (AvgIpc) is 3.11. The van der Waals surface area contributed by atoms with Crippen LogP contribution in [0.25, 0.3) is 0 Å². The zero-order chi connectivity index (χ0) is 18.8. The third-order valence-electron chi connectivity index (χ3n) is 4.14. The van der Waals surface area contributed by atoms with E-state index in [-0.39, 0.29) is 36.2 Å². The molecule has 6 nitrogen and oxygen atoms in total. The molecular formula is C20H34IN3O3. The molecule has 7 heteroatoms. The molecule has 1 fully saturated rings. The van der Waals surface area contributed by atoms with Gasteiger partial charge in [0.25, 0.3) is 0 Å². The molecule has 1 aliphatic heterocycles. The first-order chi connectivity index (χ1) is 12.6. The number of benzene rings is 1. The maximum atomic E-state index is 6.15. The van der Waals surface area contributed by atoms with Crippen LogP contribution in [0, 0.1) is 6.92 Å². The highest BCUT2D eigenvalue weighted by Crippen LogP contribution is 2.23. The van der Waals surface area contributed by atoms with Gasteiger partial charge in [-0.25, -0.2) is 0 Å². The first-order valence-electron chi connectivity index (χ1n) is 9.48. The van der Waals surface area contributed by atoms with Gasteiger partial charge >= 0.3 is 0 Å². The van der Waals surface area contributed by atoms with Crippen molar-refractivity contribution in [1.29, 1.82) is 0 Å². The number of hydrogen-bond acceptors (Lipinski definition) is 4. The van der Waals surface area contributed by atoms with Gasteiger partial charge in [0.15, 0.2) is 5.96 Å². The predicted octanol–water partition coefficient (Wildman–Crippen LogP) is 3.26. The Labute approximate surface area is 180 Å². The van der Waals surface area contributed by atoms with Crippen LogP contribution in [0.4, 0.5) is 0 Å². The number of hydrogen-bond donors (Lipinski definition) is 2. The lowest BCUT2D eigenvalue weighted by atomic mass is 10.1. The van der Waals surface area contributed by atoms with Crippen molar-refractivity contribution in [1.82, 2.24) is 10.6 Å². The van der Waals surface area contributed by atoms with E-state index in [1.807, 2.05) is 13.8 Å². The smallest absolute Gasteiger partial charge is 0.191 e. The van der Waals surface area contributed by atoms with E-state index in [0.29, 0.717) is 13.2 Å². The van der Waals surface area contributed by atoms with Crippen molar-refractivity contribution in [3.63, 3.8) is 0 Å². The highest BCUT2D eigenvalue weighted by molar-refractivity contribution is 14.0. The number of aryl methyl sites for hydroxylation is 1. The Kier molecular flexibility index (Phi) is 11.7. The average molecular weight is 491 g/mol. The van der Waals surface area contributed by atoms with Gasteiger partial charge in [0.05, 0.1) is 19.3 Å². The van der Waals surface area contributed by atoms with E-state index in [4.69, 9.17) is 14.2 Å². The molecule has 0 amide bonds. The van der Waals surface area contributed by atoms with Crippen molar-refractivity contribution in [2.45, 2.75) is 52.4 Å². The maximum Gasteiger partial charge on any atom is 0.191 e. The van der Waals surface area contributed by atoms with Crippen molar-refractivity contribution in [3.05, 3.63) is 29.3 Å². The monoisotopic (exact) mass is 491 g/mol. The molecule has 1 aromatic carbocycles. The Balaban J connectivity index is 0.00000364. The van der Waals surface area contributed by atoms with Crippen LogP contribution in [0.5, 0.6) is 5.75 Å². The summed E-state index contributed by atoms with van der Waals surface area (Å²) in [6.45, 7) is 9.85. The molecule has 1 unspecified atom stereocenters. The first kappa shape index (κ1) is 24.0. The van der Waals surface area contributed by atoms with Crippen LogP contribution < -0.4 is 15.4 Å². The molecule has 0 radical (unpaired) electrons. The molecule has 1 aliphatic rings. The van der Waals surface area contributed by atoms with Gasteiger partial charge in [0, 0.05) is 38.7 Å². The Morgan fingerprint density at radius 2 is 2.15 bits per heavy atom. The van der Waals surface area contributed by atoms with Crippen molar-refractivity contribution >= 4 is 29.9 Å². The van der Waals surface area contributed by atoms with Gasteiger partial charge in [-0.05, 0) is 38.8 Å². The lowest BCUT2D eigenvalue weighted by Crippen LogP contribution is -2.37. The van der Waals surface area contributed by atoms with Gasteiger partial charge in [-0.15, -0.1) is 24.0 Å². The van der Waals surface area contributed by atoms with Gasteiger partial charge in [-0.3, -0.25) is 4.99 Å². The molecule has 154 valence electrons. The third-order valence-corrected chi connectivity index (χ3v) is 4.14. The molecule has 2 rings (SSSR count). The van der Waals surface area contributed by atoms with Crippen LogP contribution >= 0.6 is 24.0 Å². The SMILES string of the molecule is CN=C(NCCCOC(C)C)NCc1ccc(C)cc1OC1CCOC1.I. The lowest BCUT2D eigenvalue weighted by molar-refractivity contribution is 0.0776. The third kappa shape index (κ3) is 9.12. The number of nitrogens with one attached hydrogen (secondary N) is 2. The zero-order valence-corrected chi connectivity index (χ0v) is 19.2. The topological polar surface area (TPSA) is 64.1 Å². The first-order valence-corrected chi connectivity index (χ1v) is 9.48. The molecule has 1 aromatic rings. The van der Waals surface area contributed by atoms with E-state index in [9.17, 15) is 0 Å².